The Balaban J connectivity index is 1.67. The minimum Gasteiger partial charge on any atom is -0.381 e. The van der Waals surface area contributed by atoms with Gasteiger partial charge in [-0.2, -0.15) is 0 Å². The number of likely N-dealkylation sites (N-methyl/N-ethyl adjacent to an activating group) is 1. The van der Waals surface area contributed by atoms with Gasteiger partial charge in [-0.15, -0.1) is 0 Å². The predicted molar refractivity (Wildman–Crippen MR) is 144 cm³/mol. The lowest BCUT2D eigenvalue weighted by Crippen LogP contribution is -2.38. The highest BCUT2D eigenvalue weighted by atomic mass is 16.5. The summed E-state index contributed by atoms with van der Waals surface area (Å²) in [6.07, 6.45) is 11.1. The molecular formula is C30H39N3O3. The molecule has 0 saturated carbocycles. The van der Waals surface area contributed by atoms with E-state index in [1.165, 1.54) is 5.57 Å². The lowest BCUT2D eigenvalue weighted by molar-refractivity contribution is -0.118. The molecule has 1 saturated heterocycles. The zero-order valence-electron chi connectivity index (χ0n) is 22.2. The first-order chi connectivity index (χ1) is 17.2. The van der Waals surface area contributed by atoms with Crippen LogP contribution in [0.1, 0.15) is 63.5 Å². The second-order valence-corrected chi connectivity index (χ2v) is 11.2. The molecule has 2 aliphatic carbocycles. The fourth-order valence-corrected chi connectivity index (χ4v) is 5.11. The number of amides is 1. The van der Waals surface area contributed by atoms with E-state index >= 15 is 0 Å². The first-order valence-corrected chi connectivity index (χ1v) is 13.0. The molecule has 3 aliphatic rings. The van der Waals surface area contributed by atoms with E-state index in [0.717, 1.165) is 55.5 Å². The van der Waals surface area contributed by atoms with Gasteiger partial charge in [0.2, 0.25) is 0 Å². The summed E-state index contributed by atoms with van der Waals surface area (Å²) in [6.45, 7) is 14.7. The Morgan fingerprint density at radius 3 is 2.61 bits per heavy atom. The van der Waals surface area contributed by atoms with E-state index in [1.807, 2.05) is 6.07 Å². The molecule has 1 aliphatic heterocycles. The third kappa shape index (κ3) is 6.15. The Labute approximate surface area is 215 Å². The molecule has 1 amide bonds. The van der Waals surface area contributed by atoms with Crippen molar-refractivity contribution in [2.24, 2.45) is 5.41 Å². The molecule has 1 heterocycles. The smallest absolute Gasteiger partial charge is 0.250 e. The normalized spacial score (nSPS) is 20.8. The van der Waals surface area contributed by atoms with E-state index in [9.17, 15) is 4.79 Å². The molecule has 0 bridgehead atoms. The molecule has 0 unspecified atom stereocenters. The number of carbonyl (C=O) groups excluding carboxylic acids is 1. The highest BCUT2D eigenvalue weighted by Crippen LogP contribution is 2.43. The summed E-state index contributed by atoms with van der Waals surface area (Å²) >= 11 is 0. The minimum absolute atomic E-state index is 0.140. The van der Waals surface area contributed by atoms with Crippen LogP contribution < -0.4 is 5.32 Å². The molecule has 1 aromatic rings. The molecule has 0 atom stereocenters. The number of rotatable bonds is 8. The number of allylic oxidation sites excluding steroid dienone is 4. The number of carbonyl (C=O) groups is 1. The maximum atomic E-state index is 13.1. The Kier molecular flexibility index (Phi) is 8.14. The van der Waals surface area contributed by atoms with Crippen molar-refractivity contribution >= 4 is 17.2 Å². The van der Waals surface area contributed by atoms with E-state index in [0.29, 0.717) is 37.5 Å². The summed E-state index contributed by atoms with van der Waals surface area (Å²) < 4.78 is 12.3. The van der Waals surface area contributed by atoms with Gasteiger partial charge in [0.15, 0.2) is 5.70 Å². The zero-order chi connectivity index (χ0) is 25.8. The van der Waals surface area contributed by atoms with Crippen molar-refractivity contribution in [1.82, 2.24) is 4.90 Å². The van der Waals surface area contributed by atoms with Crippen molar-refractivity contribution in [2.45, 2.75) is 58.0 Å². The van der Waals surface area contributed by atoms with Crippen LogP contribution in [0.4, 0.5) is 5.69 Å². The van der Waals surface area contributed by atoms with Crippen molar-refractivity contribution in [3.8, 4) is 0 Å². The van der Waals surface area contributed by atoms with Gasteiger partial charge in [0.25, 0.3) is 5.91 Å². The summed E-state index contributed by atoms with van der Waals surface area (Å²) in [5, 5.41) is 3.16. The van der Waals surface area contributed by atoms with E-state index in [2.05, 4.69) is 61.2 Å². The summed E-state index contributed by atoms with van der Waals surface area (Å²) in [5.41, 5.74) is 5.40. The number of ether oxygens (including phenoxy) is 2. The van der Waals surface area contributed by atoms with Crippen LogP contribution in [-0.2, 0) is 19.9 Å². The van der Waals surface area contributed by atoms with Crippen molar-refractivity contribution in [2.75, 3.05) is 45.8 Å². The van der Waals surface area contributed by atoms with E-state index in [-0.39, 0.29) is 16.9 Å². The van der Waals surface area contributed by atoms with Crippen LogP contribution in [0.2, 0.25) is 0 Å². The molecule has 1 aromatic carbocycles. The van der Waals surface area contributed by atoms with Gasteiger partial charge >= 0.3 is 0 Å². The molecule has 0 radical (unpaired) electrons. The largest absolute Gasteiger partial charge is 0.381 e. The monoisotopic (exact) mass is 489 g/mol. The standard InChI is InChI=1S/C30H39N3O3/c1-29(2)12-10-22(11-13-29)26-21-24(30(14-17-35-18-15-30)36-19-16-33(4)5)7-9-27(26)32-28(34)23-6-8-25(20-23)31-3/h7-10,20-21H,6,11-19H2,1-2,4-5H3,(H,32,34). The molecule has 1 N–H and O–H groups in total. The van der Waals surface area contributed by atoms with Crippen LogP contribution in [0.5, 0.6) is 0 Å². The molecule has 36 heavy (non-hydrogen) atoms. The molecule has 6 heteroatoms. The lowest BCUT2D eigenvalue weighted by atomic mass is 9.76. The van der Waals surface area contributed by atoms with Gasteiger partial charge in [-0.3, -0.25) is 4.79 Å². The van der Waals surface area contributed by atoms with E-state index in [1.54, 1.807) is 12.2 Å². The number of benzene rings is 1. The molecule has 4 rings (SSSR count). The Morgan fingerprint density at radius 1 is 1.19 bits per heavy atom. The van der Waals surface area contributed by atoms with E-state index < -0.39 is 0 Å². The van der Waals surface area contributed by atoms with Gasteiger partial charge in [-0.1, -0.05) is 32.1 Å². The van der Waals surface area contributed by atoms with Gasteiger partial charge in [0, 0.05) is 49.4 Å². The number of anilines is 1. The van der Waals surface area contributed by atoms with E-state index in [4.69, 9.17) is 16.0 Å². The average molecular weight is 490 g/mol. The SMILES string of the molecule is [C-]#[N+]C1=CCC(C(=O)Nc2ccc(C3(OCCN(C)C)CCOCC3)cc2C2=CCC(C)(C)CC2)=C1. The Bertz CT molecular complexity index is 1110. The molecule has 192 valence electrons. The minimum atomic E-state index is -0.386. The van der Waals surface area contributed by atoms with Gasteiger partial charge < -0.3 is 19.7 Å². The van der Waals surface area contributed by atoms with Gasteiger partial charge in [0.05, 0.1) is 18.8 Å². The molecular weight excluding hydrogens is 450 g/mol. The molecule has 1 fully saturated rings. The van der Waals surface area contributed by atoms with Crippen LogP contribution in [0.25, 0.3) is 10.4 Å². The number of nitrogens with zero attached hydrogens (tertiary/aromatic N) is 2. The summed E-state index contributed by atoms with van der Waals surface area (Å²) in [7, 11) is 4.12. The molecule has 0 spiro atoms. The lowest BCUT2D eigenvalue weighted by Gasteiger charge is -2.38. The van der Waals surface area contributed by atoms with Crippen LogP contribution >= 0.6 is 0 Å². The predicted octanol–water partition coefficient (Wildman–Crippen LogP) is 5.94. The second kappa shape index (κ2) is 11.1. The maximum absolute atomic E-state index is 13.1. The summed E-state index contributed by atoms with van der Waals surface area (Å²) in [4.78, 5) is 18.7. The quantitative estimate of drug-likeness (QED) is 0.460. The zero-order valence-corrected chi connectivity index (χ0v) is 22.2. The fourth-order valence-electron chi connectivity index (χ4n) is 5.11. The highest BCUT2D eigenvalue weighted by molar-refractivity contribution is 6.06. The third-order valence-corrected chi connectivity index (χ3v) is 7.60. The topological polar surface area (TPSA) is 55.2 Å². The van der Waals surface area contributed by atoms with Crippen molar-refractivity contribution < 1.29 is 14.3 Å². The summed E-state index contributed by atoms with van der Waals surface area (Å²) in [5.74, 6) is -0.140. The van der Waals surface area contributed by atoms with Gasteiger partial charge in [-0.25, -0.2) is 4.85 Å². The van der Waals surface area contributed by atoms with Crippen LogP contribution in [0, 0.1) is 12.0 Å². The van der Waals surface area contributed by atoms with Crippen LogP contribution in [0.15, 0.2) is 47.7 Å². The number of hydrogen-bond donors (Lipinski definition) is 1. The van der Waals surface area contributed by atoms with Crippen molar-refractivity contribution in [3.63, 3.8) is 0 Å². The summed E-state index contributed by atoms with van der Waals surface area (Å²) in [6, 6.07) is 6.39. The third-order valence-electron chi connectivity index (χ3n) is 7.60. The van der Waals surface area contributed by atoms with Crippen LogP contribution in [-0.4, -0.2) is 51.3 Å². The number of hydrogen-bond acceptors (Lipinski definition) is 4. The molecule has 0 aromatic heterocycles. The van der Waals surface area contributed by atoms with Crippen molar-refractivity contribution in [3.05, 3.63) is 70.2 Å². The first-order valence-electron chi connectivity index (χ1n) is 13.0. The van der Waals surface area contributed by atoms with Crippen LogP contribution in [0.3, 0.4) is 0 Å². The highest BCUT2D eigenvalue weighted by Gasteiger charge is 2.36. The molecule has 6 nitrogen and oxygen atoms in total. The average Bonchev–Trinajstić information content (AvgIpc) is 3.34. The maximum Gasteiger partial charge on any atom is 0.250 e. The Hall–Kier alpha value is -2.72. The fraction of sp³-hybridized carbons (Fsp3) is 0.533. The number of nitrogens with one attached hydrogen (secondary N) is 1. The Morgan fingerprint density at radius 2 is 1.97 bits per heavy atom. The van der Waals surface area contributed by atoms with Crippen molar-refractivity contribution in [1.29, 1.82) is 0 Å². The van der Waals surface area contributed by atoms with Gasteiger partial charge in [0.1, 0.15) is 0 Å². The first kappa shape index (κ1) is 26.3. The van der Waals surface area contributed by atoms with Gasteiger partial charge in [-0.05, 0) is 74.5 Å². The second-order valence-electron chi connectivity index (χ2n) is 11.2.